The molecule has 1 saturated carbocycles. The van der Waals surface area contributed by atoms with Gasteiger partial charge in [-0.2, -0.15) is 0 Å². The summed E-state index contributed by atoms with van der Waals surface area (Å²) >= 11 is 1.68. The molecule has 1 aromatic heterocycles. The van der Waals surface area contributed by atoms with E-state index in [0.29, 0.717) is 11.8 Å². The van der Waals surface area contributed by atoms with Crippen LogP contribution in [0, 0.1) is 5.92 Å². The van der Waals surface area contributed by atoms with Gasteiger partial charge < -0.3 is 9.80 Å². The number of carbonyl (C=O) groups excluding carboxylic acids is 1. The van der Waals surface area contributed by atoms with Crippen LogP contribution < -0.4 is 4.90 Å². The number of aromatic nitrogens is 1. The lowest BCUT2D eigenvalue weighted by Crippen LogP contribution is -2.36. The van der Waals surface area contributed by atoms with Crippen molar-refractivity contribution in [1.29, 1.82) is 0 Å². The molecule has 2 atom stereocenters. The van der Waals surface area contributed by atoms with Crippen LogP contribution in [0.4, 0.5) is 5.13 Å². The van der Waals surface area contributed by atoms with Crippen LogP contribution in [0.5, 0.6) is 0 Å². The van der Waals surface area contributed by atoms with Gasteiger partial charge in [0, 0.05) is 43.7 Å². The normalized spacial score (nSPS) is 24.3. The van der Waals surface area contributed by atoms with Crippen LogP contribution in [-0.2, 0) is 4.79 Å². The van der Waals surface area contributed by atoms with Crippen molar-refractivity contribution < 1.29 is 4.79 Å². The molecule has 1 aliphatic heterocycles. The highest BCUT2D eigenvalue weighted by molar-refractivity contribution is 7.13. The van der Waals surface area contributed by atoms with Crippen molar-refractivity contribution in [3.05, 3.63) is 47.5 Å². The quantitative estimate of drug-likeness (QED) is 0.869. The molecule has 0 bridgehead atoms. The predicted octanol–water partition coefficient (Wildman–Crippen LogP) is 2.99. The smallest absolute Gasteiger partial charge is 0.226 e. The highest BCUT2D eigenvalue weighted by atomic mass is 32.1. The van der Waals surface area contributed by atoms with Gasteiger partial charge in [0.2, 0.25) is 5.91 Å². The van der Waals surface area contributed by atoms with E-state index in [0.717, 1.165) is 44.2 Å². The number of amides is 1. The molecule has 2 aromatic rings. The molecule has 120 valence electrons. The first-order valence-electron chi connectivity index (χ1n) is 8.31. The molecule has 1 aromatic carbocycles. The van der Waals surface area contributed by atoms with E-state index in [4.69, 9.17) is 0 Å². The Balaban J connectivity index is 1.37. The van der Waals surface area contributed by atoms with Crippen molar-refractivity contribution in [3.63, 3.8) is 0 Å². The lowest BCUT2D eigenvalue weighted by Gasteiger charge is -2.22. The maximum Gasteiger partial charge on any atom is 0.226 e. The molecule has 23 heavy (non-hydrogen) atoms. The summed E-state index contributed by atoms with van der Waals surface area (Å²) in [4.78, 5) is 21.6. The number of hydrogen-bond donors (Lipinski definition) is 0. The minimum Gasteiger partial charge on any atom is -0.346 e. The van der Waals surface area contributed by atoms with E-state index in [1.165, 1.54) is 5.56 Å². The summed E-state index contributed by atoms with van der Waals surface area (Å²) in [5, 5.41) is 3.09. The second kappa shape index (κ2) is 6.32. The molecule has 0 N–H and O–H groups in total. The van der Waals surface area contributed by atoms with Crippen LogP contribution in [-0.4, -0.2) is 42.0 Å². The van der Waals surface area contributed by atoms with Crippen LogP contribution >= 0.6 is 11.3 Å². The maximum absolute atomic E-state index is 12.8. The topological polar surface area (TPSA) is 36.4 Å². The zero-order valence-electron chi connectivity index (χ0n) is 13.1. The highest BCUT2D eigenvalue weighted by Gasteiger charge is 2.45. The molecule has 0 radical (unpaired) electrons. The lowest BCUT2D eigenvalue weighted by atomic mass is 10.1. The first-order chi connectivity index (χ1) is 11.3. The van der Waals surface area contributed by atoms with Gasteiger partial charge in [0.05, 0.1) is 0 Å². The molecule has 4 nitrogen and oxygen atoms in total. The molecule has 1 aliphatic carbocycles. The standard InChI is InChI=1S/C18H21N3OS/c22-17(16-13-15(16)14-5-2-1-3-6-14)20-8-4-9-21(11-10-20)18-19-7-12-23-18/h1-3,5-7,12,15-16H,4,8-11,13H2/t15-,16-/m1/s1. The van der Waals surface area contributed by atoms with Crippen LogP contribution in [0.25, 0.3) is 0 Å². The van der Waals surface area contributed by atoms with Gasteiger partial charge in [0.1, 0.15) is 0 Å². The Kier molecular flexibility index (Phi) is 4.04. The molecule has 2 heterocycles. The van der Waals surface area contributed by atoms with Crippen molar-refractivity contribution in [1.82, 2.24) is 9.88 Å². The average molecular weight is 327 g/mol. The third-order valence-electron chi connectivity index (χ3n) is 4.83. The van der Waals surface area contributed by atoms with Crippen LogP contribution in [0.3, 0.4) is 0 Å². The maximum atomic E-state index is 12.8. The Bertz CT molecular complexity index is 658. The van der Waals surface area contributed by atoms with Crippen LogP contribution in [0.1, 0.15) is 24.3 Å². The minimum atomic E-state index is 0.198. The molecule has 2 aliphatic rings. The van der Waals surface area contributed by atoms with Gasteiger partial charge in [-0.15, -0.1) is 11.3 Å². The second-order valence-electron chi connectivity index (χ2n) is 6.34. The Morgan fingerprint density at radius 1 is 1.13 bits per heavy atom. The Morgan fingerprint density at radius 3 is 2.78 bits per heavy atom. The van der Waals surface area contributed by atoms with Crippen molar-refractivity contribution >= 4 is 22.4 Å². The fourth-order valence-electron chi connectivity index (χ4n) is 3.47. The molecule has 1 saturated heterocycles. The number of rotatable bonds is 3. The molecule has 0 spiro atoms. The number of nitrogens with zero attached hydrogens (tertiary/aromatic N) is 3. The number of thiazole rings is 1. The van der Waals surface area contributed by atoms with Crippen molar-refractivity contribution in [3.8, 4) is 0 Å². The Labute approximate surface area is 140 Å². The van der Waals surface area contributed by atoms with E-state index in [1.54, 1.807) is 11.3 Å². The van der Waals surface area contributed by atoms with E-state index >= 15 is 0 Å². The summed E-state index contributed by atoms with van der Waals surface area (Å²) in [6.07, 6.45) is 3.88. The van der Waals surface area contributed by atoms with E-state index in [9.17, 15) is 4.79 Å². The van der Waals surface area contributed by atoms with Gasteiger partial charge in [-0.1, -0.05) is 30.3 Å². The predicted molar refractivity (Wildman–Crippen MR) is 92.8 cm³/mol. The van der Waals surface area contributed by atoms with Crippen molar-refractivity contribution in [2.75, 3.05) is 31.1 Å². The van der Waals surface area contributed by atoms with E-state index in [-0.39, 0.29) is 5.92 Å². The highest BCUT2D eigenvalue weighted by Crippen LogP contribution is 2.48. The summed E-state index contributed by atoms with van der Waals surface area (Å²) in [6, 6.07) is 10.4. The fraction of sp³-hybridized carbons (Fsp3) is 0.444. The van der Waals surface area contributed by atoms with Gasteiger partial charge in [-0.25, -0.2) is 4.98 Å². The zero-order chi connectivity index (χ0) is 15.6. The molecule has 1 amide bonds. The second-order valence-corrected chi connectivity index (χ2v) is 7.21. The van der Waals surface area contributed by atoms with Gasteiger partial charge in [-0.05, 0) is 24.3 Å². The third-order valence-corrected chi connectivity index (χ3v) is 5.66. The molecule has 5 heteroatoms. The summed E-state index contributed by atoms with van der Waals surface area (Å²) in [6.45, 7) is 3.57. The number of hydrogen-bond acceptors (Lipinski definition) is 4. The average Bonchev–Trinajstić information content (AvgIpc) is 3.29. The van der Waals surface area contributed by atoms with E-state index < -0.39 is 0 Å². The number of benzene rings is 1. The minimum absolute atomic E-state index is 0.198. The summed E-state index contributed by atoms with van der Waals surface area (Å²) in [7, 11) is 0. The molecule has 2 fully saturated rings. The third kappa shape index (κ3) is 3.11. The molecular formula is C18H21N3OS. The Hall–Kier alpha value is -1.88. The molecule has 0 unspecified atom stereocenters. The SMILES string of the molecule is O=C([C@@H]1C[C@@H]1c1ccccc1)N1CCCN(c2nccs2)CC1. The van der Waals surface area contributed by atoms with E-state index in [2.05, 4.69) is 39.0 Å². The van der Waals surface area contributed by atoms with Crippen molar-refractivity contribution in [2.24, 2.45) is 5.92 Å². The first kappa shape index (κ1) is 14.7. The van der Waals surface area contributed by atoms with E-state index in [1.807, 2.05) is 17.6 Å². The summed E-state index contributed by atoms with van der Waals surface area (Å²) < 4.78 is 0. The number of carbonyl (C=O) groups is 1. The first-order valence-corrected chi connectivity index (χ1v) is 9.19. The lowest BCUT2D eigenvalue weighted by molar-refractivity contribution is -0.132. The van der Waals surface area contributed by atoms with Crippen LogP contribution in [0.15, 0.2) is 41.9 Å². The van der Waals surface area contributed by atoms with Gasteiger partial charge in [0.15, 0.2) is 5.13 Å². The fourth-order valence-corrected chi connectivity index (χ4v) is 4.17. The van der Waals surface area contributed by atoms with Gasteiger partial charge in [-0.3, -0.25) is 4.79 Å². The number of anilines is 1. The Morgan fingerprint density at radius 2 is 2.00 bits per heavy atom. The van der Waals surface area contributed by atoms with Gasteiger partial charge in [0.25, 0.3) is 0 Å². The summed E-state index contributed by atoms with van der Waals surface area (Å²) in [5.41, 5.74) is 1.31. The monoisotopic (exact) mass is 327 g/mol. The van der Waals surface area contributed by atoms with Crippen molar-refractivity contribution in [2.45, 2.75) is 18.8 Å². The van der Waals surface area contributed by atoms with Crippen LogP contribution in [0.2, 0.25) is 0 Å². The zero-order valence-corrected chi connectivity index (χ0v) is 13.9. The molecular weight excluding hydrogens is 306 g/mol. The van der Waals surface area contributed by atoms with Gasteiger partial charge >= 0.3 is 0 Å². The summed E-state index contributed by atoms with van der Waals surface area (Å²) in [5.74, 6) is 0.977. The molecule has 4 rings (SSSR count). The largest absolute Gasteiger partial charge is 0.346 e.